The van der Waals surface area contributed by atoms with Gasteiger partial charge < -0.3 is 5.32 Å². The lowest BCUT2D eigenvalue weighted by atomic mass is 10.4. The van der Waals surface area contributed by atoms with E-state index in [0.29, 0.717) is 28.2 Å². The molecule has 0 saturated carbocycles. The summed E-state index contributed by atoms with van der Waals surface area (Å²) in [4.78, 5) is 5.59. The van der Waals surface area contributed by atoms with Crippen molar-refractivity contribution >= 4 is 48.6 Å². The van der Waals surface area contributed by atoms with Crippen molar-refractivity contribution in [2.24, 2.45) is 0 Å². The molecule has 0 bridgehead atoms. The second-order valence-corrected chi connectivity index (χ2v) is 9.54. The molecular formula is C12H16BrN3O2S3. The Kier molecular flexibility index (Phi) is 5.92. The zero-order chi connectivity index (χ0) is 15.5. The van der Waals surface area contributed by atoms with Gasteiger partial charge in [-0.3, -0.25) is 0 Å². The van der Waals surface area contributed by atoms with E-state index in [2.05, 4.69) is 31.0 Å². The number of thiazole rings is 1. The lowest BCUT2D eigenvalue weighted by molar-refractivity contribution is 0.581. The molecular weight excluding hydrogens is 394 g/mol. The molecule has 21 heavy (non-hydrogen) atoms. The number of hydrogen-bond donors (Lipinski definition) is 2. The van der Waals surface area contributed by atoms with Crippen molar-refractivity contribution in [2.45, 2.75) is 24.8 Å². The number of halogens is 1. The third kappa shape index (κ3) is 4.57. The lowest BCUT2D eigenvalue weighted by Crippen LogP contribution is -2.25. The highest BCUT2D eigenvalue weighted by Gasteiger charge is 2.20. The summed E-state index contributed by atoms with van der Waals surface area (Å²) < 4.78 is 27.8. The fourth-order valence-electron chi connectivity index (χ4n) is 1.73. The number of nitrogens with one attached hydrogen (secondary N) is 2. The number of aryl methyl sites for hydroxylation is 1. The Morgan fingerprint density at radius 2 is 2.19 bits per heavy atom. The van der Waals surface area contributed by atoms with E-state index >= 15 is 0 Å². The van der Waals surface area contributed by atoms with Gasteiger partial charge in [-0.2, -0.15) is 0 Å². The first-order valence-corrected chi connectivity index (χ1v) is 10.2. The molecule has 0 amide bonds. The van der Waals surface area contributed by atoms with E-state index in [4.69, 9.17) is 0 Å². The van der Waals surface area contributed by atoms with Crippen LogP contribution in [-0.2, 0) is 23.0 Å². The van der Waals surface area contributed by atoms with Crippen molar-refractivity contribution in [1.29, 1.82) is 0 Å². The number of rotatable bonds is 7. The Morgan fingerprint density at radius 3 is 2.81 bits per heavy atom. The fraction of sp³-hybridized carbons (Fsp3) is 0.417. The quantitative estimate of drug-likeness (QED) is 0.736. The topological polar surface area (TPSA) is 71.1 Å². The lowest BCUT2D eigenvalue weighted by Gasteiger charge is -2.04. The minimum absolute atomic E-state index is 0.299. The summed E-state index contributed by atoms with van der Waals surface area (Å²) in [5.74, 6) is 0. The summed E-state index contributed by atoms with van der Waals surface area (Å²) in [6, 6.07) is 1.70. The smallest absolute Gasteiger partial charge is 0.242 e. The molecule has 0 aliphatic heterocycles. The number of aromatic nitrogens is 1. The zero-order valence-corrected chi connectivity index (χ0v) is 15.7. The Bertz CT molecular complexity index is 709. The number of thiophene rings is 1. The van der Waals surface area contributed by atoms with Crippen molar-refractivity contribution in [2.75, 3.05) is 13.6 Å². The highest BCUT2D eigenvalue weighted by molar-refractivity contribution is 9.11. The minimum Gasteiger partial charge on any atom is -0.315 e. The van der Waals surface area contributed by atoms with Crippen molar-refractivity contribution in [3.8, 4) is 0 Å². The molecule has 0 saturated heterocycles. The molecule has 2 aromatic rings. The highest BCUT2D eigenvalue weighted by atomic mass is 79.9. The molecule has 2 aromatic heterocycles. The van der Waals surface area contributed by atoms with Gasteiger partial charge in [-0.05, 0) is 36.0 Å². The molecule has 2 N–H and O–H groups in total. The van der Waals surface area contributed by atoms with Crippen LogP contribution in [0.2, 0.25) is 0 Å². The van der Waals surface area contributed by atoms with Crippen LogP contribution < -0.4 is 10.0 Å². The predicted molar refractivity (Wildman–Crippen MR) is 90.5 cm³/mol. The first-order valence-electron chi connectivity index (χ1n) is 6.26. The third-order valence-electron chi connectivity index (χ3n) is 2.64. The molecule has 0 radical (unpaired) electrons. The van der Waals surface area contributed by atoms with Crippen molar-refractivity contribution in [3.63, 3.8) is 0 Å². The van der Waals surface area contributed by atoms with Gasteiger partial charge in [0.15, 0.2) is 0 Å². The largest absolute Gasteiger partial charge is 0.315 e. The predicted octanol–water partition coefficient (Wildman–Crippen LogP) is 2.52. The summed E-state index contributed by atoms with van der Waals surface area (Å²) in [7, 11) is -1.66. The van der Waals surface area contributed by atoms with Crippen LogP contribution in [0.3, 0.4) is 0 Å². The Balaban J connectivity index is 2.01. The van der Waals surface area contributed by atoms with Crippen LogP contribution in [0.25, 0.3) is 0 Å². The maximum Gasteiger partial charge on any atom is 0.242 e. The third-order valence-corrected chi connectivity index (χ3v) is 7.38. The van der Waals surface area contributed by atoms with Crippen LogP contribution in [0.4, 0.5) is 0 Å². The summed E-state index contributed by atoms with van der Waals surface area (Å²) >= 11 is 6.30. The van der Waals surface area contributed by atoms with E-state index in [-0.39, 0.29) is 0 Å². The van der Waals surface area contributed by atoms with E-state index in [1.807, 2.05) is 19.4 Å². The SMILES string of the molecule is CNCc1cc(S(=O)(=O)NCCc2nc(C)cs2)c(Br)s1. The molecule has 0 fully saturated rings. The molecule has 2 heterocycles. The fourth-order valence-corrected chi connectivity index (χ4v) is 6.23. The van der Waals surface area contributed by atoms with Gasteiger partial charge in [0, 0.05) is 35.5 Å². The molecule has 0 aliphatic rings. The van der Waals surface area contributed by atoms with E-state index in [1.54, 1.807) is 17.4 Å². The first-order chi connectivity index (χ1) is 9.92. The second kappa shape index (κ2) is 7.30. The maximum absolute atomic E-state index is 12.3. The molecule has 2 rings (SSSR count). The van der Waals surface area contributed by atoms with Gasteiger partial charge in [0.25, 0.3) is 0 Å². The zero-order valence-electron chi connectivity index (χ0n) is 11.6. The summed E-state index contributed by atoms with van der Waals surface area (Å²) in [5.41, 5.74) is 0.968. The van der Waals surface area contributed by atoms with Crippen LogP contribution >= 0.6 is 38.6 Å². The molecule has 0 aliphatic carbocycles. The normalized spacial score (nSPS) is 12.0. The van der Waals surface area contributed by atoms with Crippen LogP contribution in [0.5, 0.6) is 0 Å². The number of nitrogens with zero attached hydrogens (tertiary/aromatic N) is 1. The van der Waals surface area contributed by atoms with E-state index in [1.165, 1.54) is 11.3 Å². The van der Waals surface area contributed by atoms with Crippen molar-refractivity contribution < 1.29 is 8.42 Å². The number of sulfonamides is 1. The van der Waals surface area contributed by atoms with E-state index in [9.17, 15) is 8.42 Å². The van der Waals surface area contributed by atoms with Crippen LogP contribution in [0.15, 0.2) is 20.1 Å². The van der Waals surface area contributed by atoms with Gasteiger partial charge in [0.1, 0.15) is 4.90 Å². The molecule has 9 heteroatoms. The average Bonchev–Trinajstić information content (AvgIpc) is 2.96. The Hall–Kier alpha value is -0.320. The monoisotopic (exact) mass is 409 g/mol. The van der Waals surface area contributed by atoms with Gasteiger partial charge in [-0.1, -0.05) is 0 Å². The van der Waals surface area contributed by atoms with Gasteiger partial charge in [-0.15, -0.1) is 22.7 Å². The summed E-state index contributed by atoms with van der Waals surface area (Å²) in [5, 5.41) is 5.91. The molecule has 0 aromatic carbocycles. The standard InChI is InChI=1S/C12H16BrN3O2S3/c1-8-7-19-11(16-8)3-4-15-21(17,18)10-5-9(6-14-2)20-12(10)13/h5,7,14-15H,3-4,6H2,1-2H3. The molecule has 0 unspecified atom stereocenters. The first kappa shape index (κ1) is 17.0. The van der Waals surface area contributed by atoms with Crippen molar-refractivity contribution in [3.05, 3.63) is 30.8 Å². The molecule has 5 nitrogen and oxygen atoms in total. The summed E-state index contributed by atoms with van der Waals surface area (Å²) in [6.45, 7) is 2.92. The second-order valence-electron chi connectivity index (χ2n) is 4.41. The van der Waals surface area contributed by atoms with Gasteiger partial charge in [0.05, 0.1) is 8.79 Å². The van der Waals surface area contributed by atoms with Gasteiger partial charge >= 0.3 is 0 Å². The molecule has 0 atom stereocenters. The van der Waals surface area contributed by atoms with Crippen LogP contribution in [0, 0.1) is 6.92 Å². The van der Waals surface area contributed by atoms with Crippen LogP contribution in [0.1, 0.15) is 15.6 Å². The van der Waals surface area contributed by atoms with Gasteiger partial charge in [-0.25, -0.2) is 18.1 Å². The van der Waals surface area contributed by atoms with E-state index in [0.717, 1.165) is 15.6 Å². The number of hydrogen-bond acceptors (Lipinski definition) is 6. The maximum atomic E-state index is 12.3. The Morgan fingerprint density at radius 1 is 1.43 bits per heavy atom. The molecule has 0 spiro atoms. The highest BCUT2D eigenvalue weighted by Crippen LogP contribution is 2.31. The average molecular weight is 410 g/mol. The summed E-state index contributed by atoms with van der Waals surface area (Å²) in [6.07, 6.45) is 0.600. The molecule has 116 valence electrons. The minimum atomic E-state index is -3.49. The van der Waals surface area contributed by atoms with E-state index < -0.39 is 10.0 Å². The van der Waals surface area contributed by atoms with Crippen molar-refractivity contribution in [1.82, 2.24) is 15.0 Å². The van der Waals surface area contributed by atoms with Crippen LogP contribution in [-0.4, -0.2) is 27.0 Å². The Labute approximate surface area is 141 Å². The van der Waals surface area contributed by atoms with Gasteiger partial charge in [0.2, 0.25) is 10.0 Å².